The molecule has 1 aliphatic heterocycles. The summed E-state index contributed by atoms with van der Waals surface area (Å²) in [6, 6.07) is 2.76. The number of likely N-dealkylation sites (tertiary alicyclic amines) is 1. The van der Waals surface area contributed by atoms with Crippen LogP contribution in [-0.2, 0) is 4.79 Å². The Morgan fingerprint density at radius 2 is 2.18 bits per heavy atom. The van der Waals surface area contributed by atoms with E-state index in [2.05, 4.69) is 0 Å². The van der Waals surface area contributed by atoms with Gasteiger partial charge in [-0.05, 0) is 18.6 Å². The van der Waals surface area contributed by atoms with Crippen LogP contribution in [-0.4, -0.2) is 23.9 Å². The fourth-order valence-electron chi connectivity index (χ4n) is 2.20. The second kappa shape index (κ2) is 4.83. The van der Waals surface area contributed by atoms with Crippen LogP contribution in [0.1, 0.15) is 24.8 Å². The smallest absolute Gasteiger partial charge is 0.219 e. The van der Waals surface area contributed by atoms with Gasteiger partial charge in [-0.3, -0.25) is 4.79 Å². The van der Waals surface area contributed by atoms with Crippen molar-refractivity contribution in [2.24, 2.45) is 0 Å². The number of hydrogen-bond donors (Lipinski definition) is 0. The van der Waals surface area contributed by atoms with Crippen LogP contribution >= 0.6 is 23.2 Å². The topological polar surface area (TPSA) is 20.3 Å². The maximum Gasteiger partial charge on any atom is 0.219 e. The fraction of sp³-hybridized carbons (Fsp3) is 0.417. The monoisotopic (exact) mass is 275 g/mol. The van der Waals surface area contributed by atoms with Gasteiger partial charge >= 0.3 is 0 Å². The molecular weight excluding hydrogens is 264 g/mol. The number of hydrogen-bond acceptors (Lipinski definition) is 1. The van der Waals surface area contributed by atoms with E-state index in [0.29, 0.717) is 23.7 Å². The summed E-state index contributed by atoms with van der Waals surface area (Å²) < 4.78 is 13.8. The predicted molar refractivity (Wildman–Crippen MR) is 66.0 cm³/mol. The Bertz CT molecular complexity index is 464. The summed E-state index contributed by atoms with van der Waals surface area (Å²) in [6.07, 6.45) is 0.719. The van der Waals surface area contributed by atoms with Crippen LogP contribution in [0.15, 0.2) is 12.1 Å². The molecule has 0 unspecified atom stereocenters. The lowest BCUT2D eigenvalue weighted by molar-refractivity contribution is -0.127. The first-order chi connectivity index (χ1) is 8.00. The number of amides is 1. The highest BCUT2D eigenvalue weighted by Crippen LogP contribution is 2.37. The van der Waals surface area contributed by atoms with E-state index in [1.54, 1.807) is 4.90 Å². The Kier molecular flexibility index (Phi) is 3.59. The summed E-state index contributed by atoms with van der Waals surface area (Å²) in [5, 5.41) is 0.617. The van der Waals surface area contributed by atoms with E-state index in [0.717, 1.165) is 6.42 Å². The summed E-state index contributed by atoms with van der Waals surface area (Å²) in [7, 11) is 0. The Hall–Kier alpha value is -0.800. The van der Waals surface area contributed by atoms with Crippen molar-refractivity contribution in [3.05, 3.63) is 33.6 Å². The van der Waals surface area contributed by atoms with Crippen LogP contribution in [0, 0.1) is 5.82 Å². The van der Waals surface area contributed by atoms with E-state index >= 15 is 0 Å². The summed E-state index contributed by atoms with van der Waals surface area (Å²) in [6.45, 7) is 2.66. The summed E-state index contributed by atoms with van der Waals surface area (Å²) in [5.41, 5.74) is 0.433. The molecule has 92 valence electrons. The summed E-state index contributed by atoms with van der Waals surface area (Å²) in [5.74, 6) is -0.411. The quantitative estimate of drug-likeness (QED) is 0.719. The van der Waals surface area contributed by atoms with Crippen molar-refractivity contribution in [2.75, 3.05) is 13.1 Å². The van der Waals surface area contributed by atoms with Gasteiger partial charge in [-0.2, -0.15) is 0 Å². The van der Waals surface area contributed by atoms with Crippen LogP contribution < -0.4 is 0 Å². The second-order valence-electron chi connectivity index (χ2n) is 4.21. The maximum atomic E-state index is 13.8. The number of halogens is 3. The summed E-state index contributed by atoms with van der Waals surface area (Å²) in [4.78, 5) is 12.9. The Labute approximate surface area is 109 Å². The van der Waals surface area contributed by atoms with Gasteiger partial charge in [-0.15, -0.1) is 0 Å². The van der Waals surface area contributed by atoms with Crippen molar-refractivity contribution >= 4 is 29.1 Å². The van der Waals surface area contributed by atoms with Crippen molar-refractivity contribution in [2.45, 2.75) is 19.3 Å². The molecule has 2 rings (SSSR count). The van der Waals surface area contributed by atoms with Gasteiger partial charge in [-0.25, -0.2) is 4.39 Å². The molecule has 0 bridgehead atoms. The molecular formula is C12H12Cl2FNO. The molecule has 17 heavy (non-hydrogen) atoms. The third-order valence-corrected chi connectivity index (χ3v) is 3.94. The molecule has 0 N–H and O–H groups in total. The van der Waals surface area contributed by atoms with Crippen LogP contribution in [0.3, 0.4) is 0 Å². The minimum Gasteiger partial charge on any atom is -0.342 e. The van der Waals surface area contributed by atoms with Crippen molar-refractivity contribution < 1.29 is 9.18 Å². The molecule has 0 aliphatic carbocycles. The zero-order chi connectivity index (χ0) is 12.6. The van der Waals surface area contributed by atoms with E-state index in [1.807, 2.05) is 0 Å². The van der Waals surface area contributed by atoms with Crippen LogP contribution in [0.2, 0.25) is 10.0 Å². The Balaban J connectivity index is 2.30. The number of carbonyl (C=O) groups is 1. The van der Waals surface area contributed by atoms with Gasteiger partial charge in [0.05, 0.1) is 10.0 Å². The molecule has 1 heterocycles. The van der Waals surface area contributed by atoms with Crippen molar-refractivity contribution in [1.29, 1.82) is 0 Å². The minimum atomic E-state index is -0.352. The van der Waals surface area contributed by atoms with Crippen molar-refractivity contribution in [3.8, 4) is 0 Å². The van der Waals surface area contributed by atoms with E-state index in [1.165, 1.54) is 19.1 Å². The lowest BCUT2D eigenvalue weighted by atomic mass is 9.98. The molecule has 2 nitrogen and oxygen atoms in total. The molecule has 0 aromatic heterocycles. The van der Waals surface area contributed by atoms with Gasteiger partial charge in [0.25, 0.3) is 0 Å². The molecule has 0 radical (unpaired) electrons. The molecule has 1 amide bonds. The molecule has 1 aliphatic rings. The largest absolute Gasteiger partial charge is 0.342 e. The molecule has 5 heteroatoms. The minimum absolute atomic E-state index is 0.00561. The molecule has 1 aromatic carbocycles. The highest BCUT2D eigenvalue weighted by molar-refractivity contribution is 6.42. The van der Waals surface area contributed by atoms with Crippen molar-refractivity contribution in [1.82, 2.24) is 4.90 Å². The predicted octanol–water partition coefficient (Wildman–Crippen LogP) is 3.47. The molecule has 1 fully saturated rings. The first-order valence-electron chi connectivity index (χ1n) is 5.39. The van der Waals surface area contributed by atoms with Gasteiger partial charge in [0, 0.05) is 31.5 Å². The zero-order valence-corrected chi connectivity index (χ0v) is 10.9. The van der Waals surface area contributed by atoms with Crippen molar-refractivity contribution in [3.63, 3.8) is 0 Å². The standard InChI is InChI=1S/C12H12Cl2FNO/c1-7(17)16-5-4-8(6-16)11-10(15)3-2-9(13)12(11)14/h2-3,8H,4-6H2,1H3/t8-/m0/s1. The molecule has 1 saturated heterocycles. The highest BCUT2D eigenvalue weighted by atomic mass is 35.5. The highest BCUT2D eigenvalue weighted by Gasteiger charge is 2.29. The van der Waals surface area contributed by atoms with E-state index in [-0.39, 0.29) is 22.7 Å². The SMILES string of the molecule is CC(=O)N1CC[C@H](c2c(F)ccc(Cl)c2Cl)C1. The average Bonchev–Trinajstić information content (AvgIpc) is 2.73. The van der Waals surface area contributed by atoms with E-state index in [9.17, 15) is 9.18 Å². The Morgan fingerprint density at radius 3 is 2.76 bits per heavy atom. The molecule has 1 atom stereocenters. The van der Waals surface area contributed by atoms with Gasteiger partial charge in [0.2, 0.25) is 5.91 Å². The lowest BCUT2D eigenvalue weighted by Crippen LogP contribution is -2.25. The van der Waals surface area contributed by atoms with E-state index < -0.39 is 0 Å². The first kappa shape index (κ1) is 12.7. The third-order valence-electron chi connectivity index (χ3n) is 3.12. The number of benzene rings is 1. The van der Waals surface area contributed by atoms with Gasteiger partial charge in [-0.1, -0.05) is 23.2 Å². The Morgan fingerprint density at radius 1 is 1.47 bits per heavy atom. The second-order valence-corrected chi connectivity index (χ2v) is 4.99. The number of rotatable bonds is 1. The first-order valence-corrected chi connectivity index (χ1v) is 6.15. The molecule has 0 saturated carbocycles. The van der Waals surface area contributed by atoms with Gasteiger partial charge < -0.3 is 4.90 Å². The third kappa shape index (κ3) is 2.40. The van der Waals surface area contributed by atoms with Crippen LogP contribution in [0.5, 0.6) is 0 Å². The molecule has 0 spiro atoms. The fourth-order valence-corrected chi connectivity index (χ4v) is 2.67. The van der Waals surface area contributed by atoms with Crippen LogP contribution in [0.25, 0.3) is 0 Å². The maximum absolute atomic E-state index is 13.8. The normalized spacial score (nSPS) is 19.8. The van der Waals surface area contributed by atoms with Gasteiger partial charge in [0.1, 0.15) is 5.82 Å². The number of nitrogens with zero attached hydrogens (tertiary/aromatic N) is 1. The zero-order valence-electron chi connectivity index (χ0n) is 9.34. The summed E-state index contributed by atoms with van der Waals surface area (Å²) >= 11 is 11.9. The van der Waals surface area contributed by atoms with E-state index in [4.69, 9.17) is 23.2 Å². The molecule has 1 aromatic rings. The average molecular weight is 276 g/mol. The lowest BCUT2D eigenvalue weighted by Gasteiger charge is -2.16. The number of carbonyl (C=O) groups excluding carboxylic acids is 1. The van der Waals surface area contributed by atoms with Gasteiger partial charge in [0.15, 0.2) is 0 Å². The van der Waals surface area contributed by atoms with Crippen LogP contribution in [0.4, 0.5) is 4.39 Å².